The number of nitrogens with zero attached hydrogens (tertiary/aromatic N) is 2. The molecular formula is C20H17F2N3S. The van der Waals surface area contributed by atoms with Crippen LogP contribution in [0.3, 0.4) is 0 Å². The Hall–Kier alpha value is -2.47. The number of aryl methyl sites for hydroxylation is 1. The minimum Gasteiger partial charge on any atom is -0.358 e. The number of rotatable bonds is 2. The second kappa shape index (κ2) is 5.77. The fraction of sp³-hybridized carbons (Fsp3) is 0.250. The van der Waals surface area contributed by atoms with Crippen LogP contribution in [0.15, 0.2) is 36.4 Å². The highest BCUT2D eigenvalue weighted by Crippen LogP contribution is 2.35. The largest absolute Gasteiger partial charge is 0.358 e. The molecule has 1 unspecified atom stereocenters. The van der Waals surface area contributed by atoms with E-state index >= 15 is 0 Å². The lowest BCUT2D eigenvalue weighted by molar-refractivity contribution is 0.545. The van der Waals surface area contributed by atoms with Gasteiger partial charge in [-0.2, -0.15) is 0 Å². The predicted molar refractivity (Wildman–Crippen MR) is 102 cm³/mol. The van der Waals surface area contributed by atoms with Crippen molar-refractivity contribution >= 4 is 37.6 Å². The zero-order valence-corrected chi connectivity index (χ0v) is 15.0. The molecular weight excluding hydrogens is 352 g/mol. The van der Waals surface area contributed by atoms with Crippen molar-refractivity contribution in [2.45, 2.75) is 25.3 Å². The van der Waals surface area contributed by atoms with Gasteiger partial charge in [0.2, 0.25) is 0 Å². The molecule has 4 aromatic rings. The molecule has 0 spiro atoms. The van der Waals surface area contributed by atoms with Gasteiger partial charge < -0.3 is 9.88 Å². The van der Waals surface area contributed by atoms with Crippen LogP contribution in [0.5, 0.6) is 0 Å². The van der Waals surface area contributed by atoms with Gasteiger partial charge in [0, 0.05) is 35.8 Å². The quantitative estimate of drug-likeness (QED) is 0.536. The Morgan fingerprint density at radius 3 is 2.85 bits per heavy atom. The Kier molecular flexibility index (Phi) is 3.50. The maximum atomic E-state index is 13.7. The van der Waals surface area contributed by atoms with E-state index in [0.29, 0.717) is 5.52 Å². The molecule has 0 saturated carbocycles. The number of benzene rings is 2. The predicted octanol–water partition coefficient (Wildman–Crippen LogP) is 5.05. The maximum Gasteiger partial charge on any atom is 0.186 e. The lowest BCUT2D eigenvalue weighted by Crippen LogP contribution is -2.36. The summed E-state index contributed by atoms with van der Waals surface area (Å²) in [5, 5.41) is 1.87. The summed E-state index contributed by atoms with van der Waals surface area (Å²) in [7, 11) is 2.04. The van der Waals surface area contributed by atoms with Crippen LogP contribution in [0.25, 0.3) is 21.1 Å². The van der Waals surface area contributed by atoms with E-state index in [-0.39, 0.29) is 17.7 Å². The normalized spacial score (nSPS) is 17.0. The third kappa shape index (κ3) is 2.48. The van der Waals surface area contributed by atoms with Crippen molar-refractivity contribution in [3.8, 4) is 0 Å². The summed E-state index contributed by atoms with van der Waals surface area (Å²) < 4.78 is 28.1. The molecule has 6 heteroatoms. The van der Waals surface area contributed by atoms with Gasteiger partial charge >= 0.3 is 0 Å². The van der Waals surface area contributed by atoms with Crippen LogP contribution < -0.4 is 4.90 Å². The van der Waals surface area contributed by atoms with Crippen molar-refractivity contribution in [1.82, 2.24) is 9.97 Å². The molecule has 0 amide bonds. The van der Waals surface area contributed by atoms with Crippen molar-refractivity contribution in [2.24, 2.45) is 0 Å². The molecule has 1 aliphatic rings. The van der Waals surface area contributed by atoms with Gasteiger partial charge in [-0.05, 0) is 55.2 Å². The van der Waals surface area contributed by atoms with E-state index in [0.717, 1.165) is 40.0 Å². The first kappa shape index (κ1) is 15.8. The Balaban J connectivity index is 1.49. The summed E-state index contributed by atoms with van der Waals surface area (Å²) >= 11 is 1.58. The van der Waals surface area contributed by atoms with Crippen LogP contribution >= 0.6 is 11.3 Å². The number of H-pyrrole nitrogens is 1. The van der Waals surface area contributed by atoms with Gasteiger partial charge in [-0.15, -0.1) is 0 Å². The number of aromatic nitrogens is 2. The first-order valence-electron chi connectivity index (χ1n) is 8.66. The van der Waals surface area contributed by atoms with Gasteiger partial charge in [0.15, 0.2) is 5.13 Å². The molecule has 26 heavy (non-hydrogen) atoms. The van der Waals surface area contributed by atoms with Crippen LogP contribution in [-0.4, -0.2) is 23.1 Å². The number of hydrogen-bond donors (Lipinski definition) is 1. The molecule has 132 valence electrons. The van der Waals surface area contributed by atoms with E-state index in [2.05, 4.69) is 14.9 Å². The Morgan fingerprint density at radius 2 is 1.96 bits per heavy atom. The summed E-state index contributed by atoms with van der Waals surface area (Å²) in [6, 6.07) is 9.93. The zero-order chi connectivity index (χ0) is 17.8. The molecule has 5 rings (SSSR count). The second-order valence-corrected chi connectivity index (χ2v) is 7.90. The van der Waals surface area contributed by atoms with Gasteiger partial charge in [-0.1, -0.05) is 11.3 Å². The van der Waals surface area contributed by atoms with E-state index in [1.165, 1.54) is 29.5 Å². The van der Waals surface area contributed by atoms with E-state index < -0.39 is 0 Å². The van der Waals surface area contributed by atoms with E-state index in [1.807, 2.05) is 13.1 Å². The highest BCUT2D eigenvalue weighted by molar-refractivity contribution is 7.22. The number of aromatic amines is 1. The van der Waals surface area contributed by atoms with Crippen molar-refractivity contribution < 1.29 is 8.78 Å². The molecule has 2 heterocycles. The van der Waals surface area contributed by atoms with Crippen LogP contribution in [0.4, 0.5) is 13.9 Å². The van der Waals surface area contributed by atoms with Gasteiger partial charge in [-0.3, -0.25) is 0 Å². The SMILES string of the molecule is CN(c1nc2cc(F)ccc2s1)C1CCc2[nH]c3ccc(F)cc3c2C1. The summed E-state index contributed by atoms with van der Waals surface area (Å²) in [4.78, 5) is 10.2. The smallest absolute Gasteiger partial charge is 0.186 e. The fourth-order valence-corrected chi connectivity index (χ4v) is 4.88. The van der Waals surface area contributed by atoms with Crippen molar-refractivity contribution in [1.29, 1.82) is 0 Å². The van der Waals surface area contributed by atoms with Crippen molar-refractivity contribution in [3.05, 3.63) is 59.3 Å². The monoisotopic (exact) mass is 369 g/mol. The van der Waals surface area contributed by atoms with Crippen molar-refractivity contribution in [2.75, 3.05) is 11.9 Å². The van der Waals surface area contributed by atoms with Crippen LogP contribution in [0.1, 0.15) is 17.7 Å². The first-order chi connectivity index (χ1) is 12.6. The number of anilines is 1. The number of likely N-dealkylation sites (N-methyl/N-ethyl adjacent to an activating group) is 1. The Labute approximate surface area is 153 Å². The Bertz CT molecular complexity index is 1130. The summed E-state index contributed by atoms with van der Waals surface area (Å²) in [6.07, 6.45) is 2.78. The van der Waals surface area contributed by atoms with Gasteiger partial charge in [-0.25, -0.2) is 13.8 Å². The topological polar surface area (TPSA) is 31.9 Å². The molecule has 2 aromatic heterocycles. The highest BCUT2D eigenvalue weighted by atomic mass is 32.1. The van der Waals surface area contributed by atoms with E-state index in [9.17, 15) is 8.78 Å². The molecule has 1 atom stereocenters. The minimum absolute atomic E-state index is 0.206. The number of hydrogen-bond acceptors (Lipinski definition) is 3. The minimum atomic E-state index is -0.264. The lowest BCUT2D eigenvalue weighted by Gasteiger charge is -2.31. The van der Waals surface area contributed by atoms with Gasteiger partial charge in [0.25, 0.3) is 0 Å². The number of nitrogens with one attached hydrogen (secondary N) is 1. The highest BCUT2D eigenvalue weighted by Gasteiger charge is 2.27. The van der Waals surface area contributed by atoms with Crippen LogP contribution in [0.2, 0.25) is 0 Å². The van der Waals surface area contributed by atoms with Gasteiger partial charge in [0.05, 0.1) is 10.2 Å². The Morgan fingerprint density at radius 1 is 1.15 bits per heavy atom. The lowest BCUT2D eigenvalue weighted by atomic mass is 9.91. The third-order valence-corrected chi connectivity index (χ3v) is 6.44. The number of thiazole rings is 1. The molecule has 1 N–H and O–H groups in total. The fourth-order valence-electron chi connectivity index (χ4n) is 3.90. The van der Waals surface area contributed by atoms with Crippen LogP contribution in [-0.2, 0) is 12.8 Å². The molecule has 0 radical (unpaired) electrons. The van der Waals surface area contributed by atoms with Crippen LogP contribution in [0, 0.1) is 11.6 Å². The zero-order valence-electron chi connectivity index (χ0n) is 14.2. The first-order valence-corrected chi connectivity index (χ1v) is 9.48. The van der Waals surface area contributed by atoms with E-state index in [1.54, 1.807) is 23.5 Å². The summed E-state index contributed by atoms with van der Waals surface area (Å²) in [6.45, 7) is 0. The molecule has 1 aliphatic carbocycles. The third-order valence-electron chi connectivity index (χ3n) is 5.31. The molecule has 3 nitrogen and oxygen atoms in total. The molecule has 0 fully saturated rings. The van der Waals surface area contributed by atoms with E-state index in [4.69, 9.17) is 0 Å². The number of fused-ring (bicyclic) bond motifs is 4. The van der Waals surface area contributed by atoms with Crippen molar-refractivity contribution in [3.63, 3.8) is 0 Å². The summed E-state index contributed by atoms with van der Waals surface area (Å²) in [5.74, 6) is -0.469. The second-order valence-electron chi connectivity index (χ2n) is 6.89. The number of halogens is 2. The standard InChI is InChI=1S/C20H17F2N3S/c1-25(20-24-18-9-12(22)3-7-19(18)26-20)13-4-6-17-15(10-13)14-8-11(21)2-5-16(14)23-17/h2-3,5,7-9,13,23H,4,6,10H2,1H3. The molecule has 0 bridgehead atoms. The van der Waals surface area contributed by atoms with Gasteiger partial charge in [0.1, 0.15) is 11.6 Å². The average molecular weight is 369 g/mol. The maximum absolute atomic E-state index is 13.7. The molecule has 0 aliphatic heterocycles. The summed E-state index contributed by atoms with van der Waals surface area (Å²) in [5.41, 5.74) is 4.11. The average Bonchev–Trinajstić information content (AvgIpc) is 3.21. The molecule has 0 saturated heterocycles. The molecule has 2 aromatic carbocycles.